The van der Waals surface area contributed by atoms with Crippen molar-refractivity contribution in [2.24, 2.45) is 0 Å². The lowest BCUT2D eigenvalue weighted by molar-refractivity contribution is -0.140. The lowest BCUT2D eigenvalue weighted by atomic mass is 10.0. The summed E-state index contributed by atoms with van der Waals surface area (Å²) < 4.78 is 48.7. The number of amides is 2. The van der Waals surface area contributed by atoms with E-state index in [1.165, 1.54) is 53.4 Å². The van der Waals surface area contributed by atoms with E-state index in [0.29, 0.717) is 29.4 Å². The second-order valence-electron chi connectivity index (χ2n) is 11.1. The van der Waals surface area contributed by atoms with E-state index < -0.39 is 34.3 Å². The molecule has 0 saturated carbocycles. The highest BCUT2D eigenvalue weighted by molar-refractivity contribution is 7.92. The Balaban J connectivity index is 1.80. The van der Waals surface area contributed by atoms with E-state index in [2.05, 4.69) is 5.32 Å². The monoisotopic (exact) mass is 679 g/mol. The Morgan fingerprint density at radius 2 is 1.51 bits per heavy atom. The summed E-state index contributed by atoms with van der Waals surface area (Å²) in [4.78, 5) is 29.7. The first-order chi connectivity index (χ1) is 22.5. The molecule has 11 heteroatoms. The molecule has 0 unspecified atom stereocenters. The molecule has 0 fully saturated rings. The van der Waals surface area contributed by atoms with E-state index >= 15 is 0 Å². The summed E-state index contributed by atoms with van der Waals surface area (Å²) in [6, 6.07) is 25.8. The van der Waals surface area contributed by atoms with Crippen molar-refractivity contribution in [2.75, 3.05) is 17.5 Å². The first kappa shape index (κ1) is 35.4. The summed E-state index contributed by atoms with van der Waals surface area (Å²) in [5.74, 6) is -0.917. The van der Waals surface area contributed by atoms with E-state index in [1.54, 1.807) is 24.3 Å². The van der Waals surface area contributed by atoms with Crippen molar-refractivity contribution in [1.29, 1.82) is 0 Å². The summed E-state index contributed by atoms with van der Waals surface area (Å²) in [6.07, 6.45) is 0.837. The molecular formula is C36H39ClFN3O5S. The molecule has 4 rings (SSSR count). The maximum atomic E-state index is 14.5. The van der Waals surface area contributed by atoms with E-state index in [1.807, 2.05) is 51.1 Å². The predicted octanol–water partition coefficient (Wildman–Crippen LogP) is 6.63. The Morgan fingerprint density at radius 1 is 0.872 bits per heavy atom. The topological polar surface area (TPSA) is 96.0 Å². The molecule has 2 amide bonds. The van der Waals surface area contributed by atoms with Gasteiger partial charge in [-0.3, -0.25) is 13.9 Å². The number of anilines is 1. The van der Waals surface area contributed by atoms with Crippen LogP contribution in [-0.2, 0) is 32.6 Å². The van der Waals surface area contributed by atoms with Crippen LogP contribution < -0.4 is 14.4 Å². The summed E-state index contributed by atoms with van der Waals surface area (Å²) in [6.45, 7) is 5.38. The fraction of sp³-hybridized carbons (Fsp3) is 0.278. The average Bonchev–Trinajstić information content (AvgIpc) is 3.07. The number of nitrogens with one attached hydrogen (secondary N) is 1. The van der Waals surface area contributed by atoms with Gasteiger partial charge in [0, 0.05) is 24.0 Å². The summed E-state index contributed by atoms with van der Waals surface area (Å²) >= 11 is 6.05. The number of hydrogen-bond donors (Lipinski definition) is 1. The lowest BCUT2D eigenvalue weighted by Crippen LogP contribution is -2.54. The number of hydrogen-bond acceptors (Lipinski definition) is 5. The van der Waals surface area contributed by atoms with Crippen molar-refractivity contribution in [3.05, 3.63) is 125 Å². The fourth-order valence-electron chi connectivity index (χ4n) is 4.92. The van der Waals surface area contributed by atoms with E-state index in [0.717, 1.165) is 9.87 Å². The fourth-order valence-corrected chi connectivity index (χ4v) is 6.46. The third kappa shape index (κ3) is 9.56. The van der Waals surface area contributed by atoms with Gasteiger partial charge in [-0.25, -0.2) is 12.8 Å². The number of benzene rings is 4. The molecule has 8 nitrogen and oxygen atoms in total. The first-order valence-corrected chi connectivity index (χ1v) is 17.2. The number of halogens is 2. The maximum Gasteiger partial charge on any atom is 0.264 e. The SMILES string of the molecule is CCOc1ccc(N(CC(=O)N(Cc2ccc(F)cc2)[C@@H](Cc2ccccc2)C(=O)N[C@H](C)CC)S(=O)(=O)c2ccc(Cl)cc2)cc1. The third-order valence-electron chi connectivity index (χ3n) is 7.65. The summed E-state index contributed by atoms with van der Waals surface area (Å²) in [5, 5.41) is 3.35. The van der Waals surface area contributed by atoms with Gasteiger partial charge in [-0.2, -0.15) is 0 Å². The largest absolute Gasteiger partial charge is 0.494 e. The van der Waals surface area contributed by atoms with Crippen LogP contribution in [0.25, 0.3) is 0 Å². The number of ether oxygens (including phenoxy) is 1. The van der Waals surface area contributed by atoms with Crippen molar-refractivity contribution < 1.29 is 27.1 Å². The lowest BCUT2D eigenvalue weighted by Gasteiger charge is -2.34. The van der Waals surface area contributed by atoms with E-state index in [9.17, 15) is 22.4 Å². The molecule has 0 heterocycles. The van der Waals surface area contributed by atoms with Gasteiger partial charge in [0.05, 0.1) is 17.2 Å². The Labute approximate surface area is 281 Å². The van der Waals surface area contributed by atoms with Gasteiger partial charge in [0.25, 0.3) is 10.0 Å². The molecule has 0 spiro atoms. The van der Waals surface area contributed by atoms with Gasteiger partial charge in [-0.05, 0) is 92.1 Å². The highest BCUT2D eigenvalue weighted by Crippen LogP contribution is 2.28. The molecular weight excluding hydrogens is 641 g/mol. The van der Waals surface area contributed by atoms with Crippen LogP contribution in [0.5, 0.6) is 5.75 Å². The molecule has 0 aromatic heterocycles. The van der Waals surface area contributed by atoms with Crippen molar-refractivity contribution >= 4 is 39.1 Å². The van der Waals surface area contributed by atoms with Crippen molar-refractivity contribution in [3.63, 3.8) is 0 Å². The number of nitrogens with zero attached hydrogens (tertiary/aromatic N) is 2. The molecule has 0 saturated heterocycles. The summed E-state index contributed by atoms with van der Waals surface area (Å²) in [7, 11) is -4.29. The van der Waals surface area contributed by atoms with Crippen LogP contribution >= 0.6 is 11.6 Å². The van der Waals surface area contributed by atoms with E-state index in [4.69, 9.17) is 16.3 Å². The minimum atomic E-state index is -4.29. The molecule has 4 aromatic rings. The molecule has 0 radical (unpaired) electrons. The Kier molecular flexibility index (Phi) is 12.4. The molecule has 248 valence electrons. The van der Waals surface area contributed by atoms with Gasteiger partial charge in [0.15, 0.2) is 0 Å². The minimum Gasteiger partial charge on any atom is -0.494 e. The molecule has 2 atom stereocenters. The molecule has 1 N–H and O–H groups in total. The van der Waals surface area contributed by atoms with Crippen LogP contribution in [0.2, 0.25) is 5.02 Å². The second kappa shape index (κ2) is 16.4. The highest BCUT2D eigenvalue weighted by Gasteiger charge is 2.35. The van der Waals surface area contributed by atoms with Gasteiger partial charge >= 0.3 is 0 Å². The van der Waals surface area contributed by atoms with Gasteiger partial charge in [0.1, 0.15) is 24.2 Å². The molecule has 0 bridgehead atoms. The predicted molar refractivity (Wildman–Crippen MR) is 182 cm³/mol. The molecule has 0 aliphatic heterocycles. The van der Waals surface area contributed by atoms with Crippen LogP contribution in [0.1, 0.15) is 38.3 Å². The Morgan fingerprint density at radius 3 is 2.11 bits per heavy atom. The van der Waals surface area contributed by atoms with Crippen molar-refractivity contribution in [3.8, 4) is 5.75 Å². The number of rotatable bonds is 15. The molecule has 0 aliphatic carbocycles. The summed E-state index contributed by atoms with van der Waals surface area (Å²) in [5.41, 5.74) is 1.61. The normalized spacial score (nSPS) is 12.5. The van der Waals surface area contributed by atoms with Crippen LogP contribution in [0, 0.1) is 5.82 Å². The number of carbonyl (C=O) groups excluding carboxylic acids is 2. The second-order valence-corrected chi connectivity index (χ2v) is 13.4. The third-order valence-corrected chi connectivity index (χ3v) is 9.69. The molecule has 47 heavy (non-hydrogen) atoms. The maximum absolute atomic E-state index is 14.5. The van der Waals surface area contributed by atoms with Crippen LogP contribution in [0.4, 0.5) is 10.1 Å². The smallest absolute Gasteiger partial charge is 0.264 e. The zero-order chi connectivity index (χ0) is 34.0. The first-order valence-electron chi connectivity index (χ1n) is 15.4. The number of carbonyl (C=O) groups is 2. The zero-order valence-electron chi connectivity index (χ0n) is 26.6. The Hall–Kier alpha value is -4.41. The molecule has 0 aliphatic rings. The average molecular weight is 680 g/mol. The van der Waals surface area contributed by atoms with Crippen LogP contribution in [0.15, 0.2) is 108 Å². The van der Waals surface area contributed by atoms with Gasteiger partial charge in [-0.15, -0.1) is 0 Å². The van der Waals surface area contributed by atoms with Crippen molar-refractivity contribution in [2.45, 2.75) is 57.1 Å². The van der Waals surface area contributed by atoms with Gasteiger partial charge in [-0.1, -0.05) is 61.0 Å². The van der Waals surface area contributed by atoms with Crippen LogP contribution in [-0.4, -0.2) is 50.4 Å². The standard InChI is InChI=1S/C36H39ClFN3O5S/c1-4-26(3)39-36(43)34(23-27-9-7-6-8-10-27)40(24-28-11-15-30(38)16-12-28)35(42)25-41(31-17-19-32(20-18-31)46-5-2)47(44,45)33-21-13-29(37)14-22-33/h6-22,26,34H,4-5,23-25H2,1-3H3,(H,39,43)/t26-,34+/m1/s1. The number of sulfonamides is 1. The van der Waals surface area contributed by atoms with Gasteiger partial charge < -0.3 is 15.0 Å². The minimum absolute atomic E-state index is 0.0657. The van der Waals surface area contributed by atoms with Gasteiger partial charge in [0.2, 0.25) is 11.8 Å². The van der Waals surface area contributed by atoms with E-state index in [-0.39, 0.29) is 35.5 Å². The quantitative estimate of drug-likeness (QED) is 0.152. The van der Waals surface area contributed by atoms with Crippen LogP contribution in [0.3, 0.4) is 0 Å². The zero-order valence-corrected chi connectivity index (χ0v) is 28.2. The Bertz CT molecular complexity index is 1720. The highest BCUT2D eigenvalue weighted by atomic mass is 35.5. The molecule has 4 aromatic carbocycles. The van der Waals surface area contributed by atoms with Crippen molar-refractivity contribution in [1.82, 2.24) is 10.2 Å².